The van der Waals surface area contributed by atoms with E-state index in [1.165, 1.54) is 24.3 Å². The van der Waals surface area contributed by atoms with Gasteiger partial charge in [0.1, 0.15) is 6.04 Å². The van der Waals surface area contributed by atoms with Gasteiger partial charge in [0.25, 0.3) is 0 Å². The molecule has 1 heterocycles. The molecule has 0 bridgehead atoms. The minimum absolute atomic E-state index is 0.205. The number of rotatable bonds is 7. The Kier molecular flexibility index (Phi) is 6.32. The Hall–Kier alpha value is -3.77. The van der Waals surface area contributed by atoms with Crippen LogP contribution < -0.4 is 11.0 Å². The summed E-state index contributed by atoms with van der Waals surface area (Å²) in [4.78, 5) is 36.0. The van der Waals surface area contributed by atoms with Crippen LogP contribution in [0.1, 0.15) is 17.4 Å². The molecular formula is C20H19N3O8. The van der Waals surface area contributed by atoms with Crippen LogP contribution in [0.5, 0.6) is 0 Å². The number of nitrogens with one attached hydrogen (secondary N) is 1. The minimum Gasteiger partial charge on any atom is -0.595 e. The summed E-state index contributed by atoms with van der Waals surface area (Å²) >= 11 is 0. The summed E-state index contributed by atoms with van der Waals surface area (Å²) in [5.74, 6) is -2.84. The van der Waals surface area contributed by atoms with Crippen LogP contribution in [0.25, 0.3) is 10.9 Å². The van der Waals surface area contributed by atoms with Gasteiger partial charge >= 0.3 is 18.0 Å². The van der Waals surface area contributed by atoms with Crippen molar-refractivity contribution in [3.8, 4) is 0 Å². The fourth-order valence-electron chi connectivity index (χ4n) is 3.21. The number of fused-ring (bicyclic) bond motifs is 1. The van der Waals surface area contributed by atoms with E-state index in [-0.39, 0.29) is 23.4 Å². The number of carboxylic acid groups (broad SMARTS) is 2. The third-order valence-electron chi connectivity index (χ3n) is 4.63. The van der Waals surface area contributed by atoms with Crippen LogP contribution in [0, 0.1) is 5.21 Å². The van der Waals surface area contributed by atoms with Crippen molar-refractivity contribution in [2.45, 2.75) is 18.6 Å². The van der Waals surface area contributed by atoms with Gasteiger partial charge in [-0.25, -0.2) is 19.4 Å². The molecule has 3 aromatic rings. The number of nitrogens with zero attached hydrogens (tertiary/aromatic N) is 1. The number of carboxylic acids is 2. The smallest absolute Gasteiger partial charge is 0.419 e. The van der Waals surface area contributed by atoms with Crippen LogP contribution in [-0.2, 0) is 20.7 Å². The first kappa shape index (κ1) is 21.9. The first-order valence-corrected chi connectivity index (χ1v) is 9.04. The van der Waals surface area contributed by atoms with Crippen LogP contribution in [0.2, 0.25) is 0 Å². The van der Waals surface area contributed by atoms with Gasteiger partial charge in [-0.05, 0) is 18.2 Å². The summed E-state index contributed by atoms with van der Waals surface area (Å²) < 4.78 is 6.24. The van der Waals surface area contributed by atoms with Gasteiger partial charge in [-0.2, -0.15) is 5.23 Å². The van der Waals surface area contributed by atoms with E-state index in [0.717, 1.165) is 4.57 Å². The Bertz CT molecular complexity index is 1140. The van der Waals surface area contributed by atoms with Gasteiger partial charge in [0.2, 0.25) is 6.10 Å². The number of carbonyl (C=O) groups excluding carboxylic acids is 1. The van der Waals surface area contributed by atoms with Crippen molar-refractivity contribution >= 4 is 34.6 Å². The predicted octanol–water partition coefficient (Wildman–Crippen LogP) is 0.810. The van der Waals surface area contributed by atoms with E-state index in [0.29, 0.717) is 10.9 Å². The molecule has 0 spiro atoms. The summed E-state index contributed by atoms with van der Waals surface area (Å²) in [5.41, 5.74) is 5.63. The molecule has 6 N–H and O–H groups in total. The Labute approximate surface area is 175 Å². The van der Waals surface area contributed by atoms with Crippen molar-refractivity contribution in [1.29, 1.82) is 0 Å². The van der Waals surface area contributed by atoms with E-state index >= 15 is 0 Å². The number of carbonyl (C=O) groups is 3. The van der Waals surface area contributed by atoms with Gasteiger partial charge in [0.05, 0.1) is 11.1 Å². The van der Waals surface area contributed by atoms with E-state index in [2.05, 4.69) is 0 Å². The minimum atomic E-state index is -1.90. The van der Waals surface area contributed by atoms with Crippen LogP contribution >= 0.6 is 0 Å². The van der Waals surface area contributed by atoms with Crippen molar-refractivity contribution in [2.75, 3.05) is 0 Å². The zero-order valence-corrected chi connectivity index (χ0v) is 16.0. The Morgan fingerprint density at radius 3 is 2.35 bits per heavy atom. The van der Waals surface area contributed by atoms with Crippen molar-refractivity contribution < 1.29 is 39.8 Å². The van der Waals surface area contributed by atoms with E-state index < -0.39 is 35.4 Å². The number of para-hydroxylation sites is 2. The first-order chi connectivity index (χ1) is 14.7. The molecule has 3 rings (SSSR count). The normalized spacial score (nSPS) is 14.0. The zero-order chi connectivity index (χ0) is 22.7. The largest absolute Gasteiger partial charge is 0.595 e. The molecule has 31 heavy (non-hydrogen) atoms. The molecule has 1 aromatic heterocycles. The number of hydrogen-bond donors (Lipinski definition) is 5. The van der Waals surface area contributed by atoms with Gasteiger partial charge in [-0.3, -0.25) is 4.79 Å². The van der Waals surface area contributed by atoms with E-state index in [4.69, 9.17) is 15.6 Å². The fourth-order valence-corrected chi connectivity index (χ4v) is 3.21. The number of ether oxygens (including phenoxy) is 1. The first-order valence-electron chi connectivity index (χ1n) is 9.04. The van der Waals surface area contributed by atoms with Gasteiger partial charge < -0.3 is 25.9 Å². The molecule has 0 amide bonds. The third-order valence-corrected chi connectivity index (χ3v) is 4.63. The lowest BCUT2D eigenvalue weighted by molar-refractivity contribution is -0.991. The molecule has 0 saturated carbocycles. The van der Waals surface area contributed by atoms with Crippen LogP contribution in [0.4, 0.5) is 10.5 Å². The maximum atomic E-state index is 13.0. The fraction of sp³-hybridized carbons (Fsp3) is 0.150. The number of hydrogen-bond acceptors (Lipinski definition) is 7. The monoisotopic (exact) mass is 429 g/mol. The van der Waals surface area contributed by atoms with E-state index in [1.54, 1.807) is 30.3 Å². The van der Waals surface area contributed by atoms with Gasteiger partial charge in [-0.1, -0.05) is 30.3 Å². The molecule has 0 saturated heterocycles. The molecule has 0 aliphatic rings. The second-order valence-corrected chi connectivity index (χ2v) is 6.67. The summed E-state index contributed by atoms with van der Waals surface area (Å²) in [7, 11) is 0. The lowest BCUT2D eigenvalue weighted by Crippen LogP contribution is -2.99. The molecule has 11 nitrogen and oxygen atoms in total. The molecule has 2 unspecified atom stereocenters. The van der Waals surface area contributed by atoms with Crippen LogP contribution in [0.3, 0.4) is 0 Å². The van der Waals surface area contributed by atoms with Crippen molar-refractivity contribution in [1.82, 2.24) is 4.57 Å². The molecule has 0 fully saturated rings. The highest BCUT2D eigenvalue weighted by Crippen LogP contribution is 2.27. The van der Waals surface area contributed by atoms with Gasteiger partial charge in [0, 0.05) is 23.6 Å². The molecule has 0 aliphatic heterocycles. The maximum absolute atomic E-state index is 13.0. The lowest BCUT2D eigenvalue weighted by atomic mass is 10.1. The SMILES string of the molecule is N[C@@H](Cc1cc2ccccc2n1C(=O)OC(C(=O)O)c1ccccc1[NH+]([O-])O)C(=O)O. The number of aliphatic carboxylic acids is 2. The third kappa shape index (κ3) is 4.54. The Morgan fingerprint density at radius 1 is 1.06 bits per heavy atom. The lowest BCUT2D eigenvalue weighted by Gasteiger charge is -2.20. The number of quaternary nitrogens is 1. The maximum Gasteiger partial charge on any atom is 0.419 e. The average Bonchev–Trinajstić information content (AvgIpc) is 3.09. The Morgan fingerprint density at radius 2 is 1.71 bits per heavy atom. The van der Waals surface area contributed by atoms with Gasteiger partial charge in [-0.15, -0.1) is 0 Å². The highest BCUT2D eigenvalue weighted by atomic mass is 16.8. The Balaban J connectivity index is 2.04. The highest BCUT2D eigenvalue weighted by Gasteiger charge is 2.31. The second-order valence-electron chi connectivity index (χ2n) is 6.67. The molecule has 11 heteroatoms. The molecular weight excluding hydrogens is 410 g/mol. The van der Waals surface area contributed by atoms with Gasteiger partial charge in [0.15, 0.2) is 5.69 Å². The quantitative estimate of drug-likeness (QED) is 0.340. The van der Waals surface area contributed by atoms with Crippen molar-refractivity contribution in [3.63, 3.8) is 0 Å². The van der Waals surface area contributed by atoms with Crippen LogP contribution in [0.15, 0.2) is 54.6 Å². The molecule has 2 aromatic carbocycles. The summed E-state index contributed by atoms with van der Waals surface area (Å²) in [6.45, 7) is 0. The summed E-state index contributed by atoms with van der Waals surface area (Å²) in [6, 6.07) is 12.1. The summed E-state index contributed by atoms with van der Waals surface area (Å²) in [6.07, 6.45) is -3.23. The topological polar surface area (TPSA) is 180 Å². The number of aromatic nitrogens is 1. The molecule has 0 aliphatic carbocycles. The molecule has 162 valence electrons. The second kappa shape index (κ2) is 8.93. The van der Waals surface area contributed by atoms with Crippen LogP contribution in [-0.4, -0.2) is 44.1 Å². The summed E-state index contributed by atoms with van der Waals surface area (Å²) in [5, 5.41) is 38.7. The average molecular weight is 429 g/mol. The predicted molar refractivity (Wildman–Crippen MR) is 106 cm³/mol. The molecule has 0 radical (unpaired) electrons. The van der Waals surface area contributed by atoms with E-state index in [1.807, 2.05) is 0 Å². The standard InChI is InChI=1S/C20H19N3O8/c21-14(18(24)25)10-12-9-11-5-1-3-7-15(11)22(12)20(28)31-17(19(26)27)13-6-2-4-8-16(13)23(29)30/h1-9,14,17,23,29H,10,21H2,(H,24,25)(H,26,27)/t14-,17?/m0/s1. The number of nitrogens with two attached hydrogens (primary N) is 1. The zero-order valence-electron chi connectivity index (χ0n) is 16.0. The van der Waals surface area contributed by atoms with Crippen molar-refractivity contribution in [3.05, 3.63) is 71.1 Å². The van der Waals surface area contributed by atoms with E-state index in [9.17, 15) is 29.9 Å². The molecule has 3 atom stereocenters. The highest BCUT2D eigenvalue weighted by molar-refractivity contribution is 5.92. The van der Waals surface area contributed by atoms with Crippen molar-refractivity contribution in [2.24, 2.45) is 5.73 Å². The number of benzene rings is 2.